The van der Waals surface area contributed by atoms with Crippen molar-refractivity contribution < 1.29 is 9.47 Å². The highest BCUT2D eigenvalue weighted by Gasteiger charge is 2.12. The zero-order valence-electron chi connectivity index (χ0n) is 16.5. The summed E-state index contributed by atoms with van der Waals surface area (Å²) in [7, 11) is 3.51. The maximum Gasteiger partial charge on any atom is 0.209 e. The highest BCUT2D eigenvalue weighted by molar-refractivity contribution is 9.10. The molecule has 154 valence electrons. The topological polar surface area (TPSA) is 74.1 Å². The van der Waals surface area contributed by atoms with Crippen molar-refractivity contribution in [2.45, 2.75) is 24.7 Å². The van der Waals surface area contributed by atoms with Crippen LogP contribution in [0.2, 0.25) is 0 Å². The van der Waals surface area contributed by atoms with Gasteiger partial charge < -0.3 is 14.8 Å². The van der Waals surface area contributed by atoms with E-state index in [0.29, 0.717) is 12.4 Å². The van der Waals surface area contributed by atoms with Gasteiger partial charge >= 0.3 is 0 Å². The number of ether oxygens (including phenoxy) is 2. The monoisotopic (exact) mass is 477 g/mol. The molecule has 3 aromatic rings. The van der Waals surface area contributed by atoms with Crippen LogP contribution in [0.4, 0.5) is 0 Å². The molecule has 0 radical (unpaired) electrons. The van der Waals surface area contributed by atoms with E-state index in [1.165, 1.54) is 0 Å². The van der Waals surface area contributed by atoms with Crippen LogP contribution in [0.3, 0.4) is 0 Å². The first kappa shape index (κ1) is 21.6. The van der Waals surface area contributed by atoms with Gasteiger partial charge in [0.15, 0.2) is 11.5 Å². The number of tetrazole rings is 1. The number of nitrogens with one attached hydrogen (secondary N) is 1. The summed E-state index contributed by atoms with van der Waals surface area (Å²) in [6.45, 7) is 2.15. The molecular weight excluding hydrogens is 454 g/mol. The molecule has 0 spiro atoms. The minimum atomic E-state index is 0.492. The van der Waals surface area contributed by atoms with Crippen LogP contribution in [0.25, 0.3) is 0 Å². The van der Waals surface area contributed by atoms with E-state index in [1.54, 1.807) is 23.6 Å². The molecule has 0 aliphatic carbocycles. The molecule has 9 heteroatoms. The number of hydrogen-bond acceptors (Lipinski definition) is 7. The third-order valence-corrected chi connectivity index (χ3v) is 5.84. The van der Waals surface area contributed by atoms with Crippen LogP contribution >= 0.6 is 27.7 Å². The molecule has 3 rings (SSSR count). The molecule has 1 aromatic heterocycles. The fourth-order valence-corrected chi connectivity index (χ4v) is 4.07. The van der Waals surface area contributed by atoms with E-state index in [1.807, 2.05) is 43.4 Å². The van der Waals surface area contributed by atoms with Gasteiger partial charge in [-0.1, -0.05) is 42.1 Å². The van der Waals surface area contributed by atoms with E-state index in [9.17, 15) is 0 Å². The average Bonchev–Trinajstić information content (AvgIpc) is 3.14. The summed E-state index contributed by atoms with van der Waals surface area (Å²) < 4.78 is 14.1. The van der Waals surface area contributed by atoms with Crippen molar-refractivity contribution in [2.24, 2.45) is 7.05 Å². The molecule has 7 nitrogen and oxygen atoms in total. The molecule has 0 amide bonds. The standard InChI is InChI=1S/C20H24BrN5O2S/c1-26-20(23-24-25-26)29-10-6-9-22-13-16-11-17(21)19(18(12-16)27-2)28-14-15-7-4-3-5-8-15/h3-5,7-8,11-12,22H,6,9-10,13-14H2,1-2H3. The Morgan fingerprint density at radius 3 is 2.72 bits per heavy atom. The number of halogens is 1. The van der Waals surface area contributed by atoms with Gasteiger partial charge in [0, 0.05) is 19.3 Å². The first-order valence-corrected chi connectivity index (χ1v) is 11.0. The lowest BCUT2D eigenvalue weighted by atomic mass is 10.2. The second-order valence-electron chi connectivity index (χ2n) is 6.35. The van der Waals surface area contributed by atoms with Crippen molar-refractivity contribution in [1.82, 2.24) is 25.5 Å². The van der Waals surface area contributed by atoms with Crippen molar-refractivity contribution in [2.75, 3.05) is 19.4 Å². The molecular formula is C20H24BrN5O2S. The van der Waals surface area contributed by atoms with E-state index >= 15 is 0 Å². The fraction of sp³-hybridized carbons (Fsp3) is 0.350. The third-order valence-electron chi connectivity index (χ3n) is 4.15. The Labute approximate surface area is 183 Å². The number of aryl methyl sites for hydroxylation is 1. The highest BCUT2D eigenvalue weighted by atomic mass is 79.9. The number of thioether (sulfide) groups is 1. The molecule has 0 saturated carbocycles. The average molecular weight is 478 g/mol. The van der Waals surface area contributed by atoms with Crippen molar-refractivity contribution in [3.05, 3.63) is 58.1 Å². The lowest BCUT2D eigenvalue weighted by Crippen LogP contribution is -2.15. The summed E-state index contributed by atoms with van der Waals surface area (Å²) in [4.78, 5) is 0. The van der Waals surface area contributed by atoms with E-state index in [4.69, 9.17) is 9.47 Å². The molecule has 1 N–H and O–H groups in total. The van der Waals surface area contributed by atoms with E-state index in [-0.39, 0.29) is 0 Å². The maximum atomic E-state index is 5.99. The summed E-state index contributed by atoms with van der Waals surface area (Å²) in [6, 6.07) is 14.2. The van der Waals surface area contributed by atoms with Crippen LogP contribution in [-0.2, 0) is 20.2 Å². The number of aromatic nitrogens is 4. The second-order valence-corrected chi connectivity index (χ2v) is 8.26. The van der Waals surface area contributed by atoms with Gasteiger partial charge in [-0.25, -0.2) is 4.68 Å². The quantitative estimate of drug-likeness (QED) is 0.332. The van der Waals surface area contributed by atoms with Crippen molar-refractivity contribution >= 4 is 27.7 Å². The third kappa shape index (κ3) is 6.45. The maximum absolute atomic E-state index is 5.99. The Hall–Kier alpha value is -2.10. The summed E-state index contributed by atoms with van der Waals surface area (Å²) in [5, 5.41) is 15.7. The van der Waals surface area contributed by atoms with Gasteiger partial charge in [0.2, 0.25) is 5.16 Å². The SMILES string of the molecule is COc1cc(CNCCCSc2nnnn2C)cc(Br)c1OCc1ccccc1. The highest BCUT2D eigenvalue weighted by Crippen LogP contribution is 2.37. The fourth-order valence-electron chi connectivity index (χ4n) is 2.68. The molecule has 2 aromatic carbocycles. The molecule has 0 aliphatic rings. The van der Waals surface area contributed by atoms with Crippen LogP contribution < -0.4 is 14.8 Å². The normalized spacial score (nSPS) is 10.9. The van der Waals surface area contributed by atoms with Crippen LogP contribution in [0.5, 0.6) is 11.5 Å². The Balaban J connectivity index is 1.47. The minimum Gasteiger partial charge on any atom is -0.493 e. The van der Waals surface area contributed by atoms with Gasteiger partial charge in [-0.05, 0) is 62.6 Å². The first-order chi connectivity index (χ1) is 14.2. The molecule has 29 heavy (non-hydrogen) atoms. The van der Waals surface area contributed by atoms with Crippen LogP contribution in [0.15, 0.2) is 52.1 Å². The van der Waals surface area contributed by atoms with Gasteiger partial charge in [0.25, 0.3) is 0 Å². The number of benzene rings is 2. The predicted octanol–water partition coefficient (Wildman–Crippen LogP) is 3.83. The van der Waals surface area contributed by atoms with Crippen molar-refractivity contribution in [1.29, 1.82) is 0 Å². The Kier molecular flexibility index (Phi) is 8.33. The zero-order chi connectivity index (χ0) is 20.5. The zero-order valence-corrected chi connectivity index (χ0v) is 18.9. The van der Waals surface area contributed by atoms with Crippen molar-refractivity contribution in [3.8, 4) is 11.5 Å². The summed E-state index contributed by atoms with van der Waals surface area (Å²) in [5.41, 5.74) is 2.24. The van der Waals surface area contributed by atoms with Gasteiger partial charge in [0.05, 0.1) is 11.6 Å². The first-order valence-electron chi connectivity index (χ1n) is 9.26. The molecule has 1 heterocycles. The lowest BCUT2D eigenvalue weighted by molar-refractivity contribution is 0.282. The molecule has 0 aliphatic heterocycles. The van der Waals surface area contributed by atoms with E-state index in [2.05, 4.69) is 42.8 Å². The van der Waals surface area contributed by atoms with Crippen LogP contribution in [0.1, 0.15) is 17.5 Å². The van der Waals surface area contributed by atoms with E-state index in [0.717, 1.165) is 51.8 Å². The molecule has 0 atom stereocenters. The van der Waals surface area contributed by atoms with E-state index < -0.39 is 0 Å². The minimum absolute atomic E-state index is 0.492. The largest absolute Gasteiger partial charge is 0.493 e. The number of nitrogens with zero attached hydrogens (tertiary/aromatic N) is 4. The van der Waals surface area contributed by atoms with Gasteiger partial charge in [0.1, 0.15) is 6.61 Å². The van der Waals surface area contributed by atoms with Crippen LogP contribution in [-0.4, -0.2) is 39.6 Å². The smallest absolute Gasteiger partial charge is 0.209 e. The molecule has 0 bridgehead atoms. The van der Waals surface area contributed by atoms with Gasteiger partial charge in [-0.15, -0.1) is 5.10 Å². The molecule has 0 fully saturated rings. The van der Waals surface area contributed by atoms with Crippen molar-refractivity contribution in [3.63, 3.8) is 0 Å². The summed E-state index contributed by atoms with van der Waals surface area (Å²) in [6.07, 6.45) is 1.02. The Morgan fingerprint density at radius 2 is 2.00 bits per heavy atom. The van der Waals surface area contributed by atoms with Gasteiger partial charge in [-0.3, -0.25) is 0 Å². The summed E-state index contributed by atoms with van der Waals surface area (Å²) >= 11 is 5.27. The number of rotatable bonds is 11. The Morgan fingerprint density at radius 1 is 1.17 bits per heavy atom. The summed E-state index contributed by atoms with van der Waals surface area (Å²) in [5.74, 6) is 2.40. The lowest BCUT2D eigenvalue weighted by Gasteiger charge is -2.15. The van der Waals surface area contributed by atoms with Crippen LogP contribution in [0, 0.1) is 0 Å². The predicted molar refractivity (Wildman–Crippen MR) is 117 cm³/mol. The second kappa shape index (κ2) is 11.2. The van der Waals surface area contributed by atoms with Gasteiger partial charge in [-0.2, -0.15) is 0 Å². The number of hydrogen-bond donors (Lipinski definition) is 1. The molecule has 0 unspecified atom stereocenters. The molecule has 0 saturated heterocycles. The number of methoxy groups -OCH3 is 1. The Bertz CT molecular complexity index is 907.